The van der Waals surface area contributed by atoms with Gasteiger partial charge in [0.05, 0.1) is 0 Å². The van der Waals surface area contributed by atoms with E-state index in [0.29, 0.717) is 0 Å². The van der Waals surface area contributed by atoms with Gasteiger partial charge < -0.3 is 0 Å². The standard InChI is InChI=1S/4AsH3O4.3Pb/c4*2-1(3,4)5;;;/h4*(H3,2,3,4,5);;;/q;;;;3*+4/p-12. The molecule has 0 N–H and O–H groups in total. The molecule has 0 aromatic rings. The summed E-state index contributed by atoms with van der Waals surface area (Å²) in [4.78, 5) is 0. The Balaban J connectivity index is -0.0000000284. The second-order valence-electron chi connectivity index (χ2n) is 1.79. The van der Waals surface area contributed by atoms with E-state index in [0.717, 1.165) is 0 Å². The van der Waals surface area contributed by atoms with Crippen molar-refractivity contribution in [1.82, 2.24) is 0 Å². The van der Waals surface area contributed by atoms with Crippen LogP contribution >= 0.6 is 0 Å². The molecular formula is As4O16Pb3. The average molecular weight is 1180 g/mol. The molecular weight excluding hydrogens is 1180 g/mol. The molecule has 0 aliphatic carbocycles. The van der Waals surface area contributed by atoms with Crippen molar-refractivity contribution < 1.29 is 64.1 Å². The SMILES string of the molecule is O=[As]([O-])([O-])[O-].O=[As]([O-])([O-])[O-].O=[As]([O-])([O-])[O-].O=[As]([O-])([O-])[O-].[Pb+4].[Pb+4].[Pb+4]. The summed E-state index contributed by atoms with van der Waals surface area (Å²) in [7, 11) is 0. The molecule has 128 valence electrons. The molecule has 0 radical (unpaired) electrons. The molecule has 0 amide bonds. The van der Waals surface area contributed by atoms with Crippen LogP contribution in [0.4, 0.5) is 0 Å². The second-order valence-corrected chi connectivity index (χ2v) is 9.30. The van der Waals surface area contributed by atoms with Crippen LogP contribution in [0.25, 0.3) is 0 Å². The van der Waals surface area contributed by atoms with Crippen LogP contribution in [0.15, 0.2) is 0 Å². The van der Waals surface area contributed by atoms with Gasteiger partial charge in [-0.15, -0.1) is 0 Å². The third-order valence-electron chi connectivity index (χ3n) is 0. The third kappa shape index (κ3) is 1050. The van der Waals surface area contributed by atoms with E-state index in [9.17, 15) is 0 Å². The Hall–Kier alpha value is 3.72. The predicted octanol–water partition coefficient (Wildman–Crippen LogP) is -17.4. The number of rotatable bonds is 0. The van der Waals surface area contributed by atoms with Crippen molar-refractivity contribution in [1.29, 1.82) is 0 Å². The zero-order valence-electron chi connectivity index (χ0n) is 9.82. The average Bonchev–Trinajstić information content (AvgIpc) is 1.62. The zero-order chi connectivity index (χ0) is 18.0. The van der Waals surface area contributed by atoms with Crippen LogP contribution < -0.4 is 49.1 Å². The van der Waals surface area contributed by atoms with Crippen LogP contribution in [0.3, 0.4) is 0 Å². The van der Waals surface area contributed by atoms with Crippen molar-refractivity contribution in [2.45, 2.75) is 0 Å². The van der Waals surface area contributed by atoms with E-state index in [1.807, 2.05) is 0 Å². The third-order valence-corrected chi connectivity index (χ3v) is 0. The van der Waals surface area contributed by atoms with Crippen molar-refractivity contribution in [3.8, 4) is 0 Å². The molecule has 0 saturated heterocycles. The van der Waals surface area contributed by atoms with Gasteiger partial charge in [0.1, 0.15) is 0 Å². The van der Waals surface area contributed by atoms with Gasteiger partial charge in [0.15, 0.2) is 0 Å². The summed E-state index contributed by atoms with van der Waals surface area (Å²) in [6, 6.07) is 0. The molecule has 16 nitrogen and oxygen atoms in total. The quantitative estimate of drug-likeness (QED) is 0.203. The van der Waals surface area contributed by atoms with Gasteiger partial charge in [-0.05, 0) is 0 Å². The minimum atomic E-state index is -5.88. The zero-order valence-corrected chi connectivity index (χ0v) is 29.0. The maximum Gasteiger partial charge on any atom is 4.00 e. The van der Waals surface area contributed by atoms with Crippen molar-refractivity contribution in [2.24, 2.45) is 0 Å². The number of hydrogen-bond donors (Lipinski definition) is 0. The van der Waals surface area contributed by atoms with Crippen LogP contribution in [0.1, 0.15) is 0 Å². The largest absolute Gasteiger partial charge is 4.00 e. The summed E-state index contributed by atoms with van der Waals surface area (Å²) in [5.74, 6) is 0. The first-order chi connectivity index (χ1) is 8.00. The summed E-state index contributed by atoms with van der Waals surface area (Å²) >= 11 is -23.5. The molecule has 0 aliphatic rings. The maximum absolute atomic E-state index is 8.61. The van der Waals surface area contributed by atoms with Crippen LogP contribution in [-0.2, 0) is 15.0 Å². The normalized spacial score (nSPS) is 10.3. The van der Waals surface area contributed by atoms with Gasteiger partial charge in [0, 0.05) is 0 Å². The van der Waals surface area contributed by atoms with Gasteiger partial charge in [-0.2, -0.15) is 0 Å². The Labute approximate surface area is 200 Å². The summed E-state index contributed by atoms with van der Waals surface area (Å²) in [6.07, 6.45) is 0. The summed E-state index contributed by atoms with van der Waals surface area (Å²) in [6.45, 7) is 0. The fourth-order valence-corrected chi connectivity index (χ4v) is 0. The van der Waals surface area contributed by atoms with E-state index in [4.69, 9.17) is 64.1 Å². The Morgan fingerprint density at radius 3 is 0.304 bits per heavy atom. The summed E-state index contributed by atoms with van der Waals surface area (Å²) in [5, 5.41) is 0. The first-order valence-corrected chi connectivity index (χ1v) is 15.2. The van der Waals surface area contributed by atoms with Gasteiger partial charge in [-0.1, -0.05) is 0 Å². The molecule has 0 heterocycles. The number of hydrogen-bond acceptors (Lipinski definition) is 16. The van der Waals surface area contributed by atoms with E-state index >= 15 is 0 Å². The molecule has 0 spiro atoms. The molecule has 0 rings (SSSR count). The summed E-state index contributed by atoms with van der Waals surface area (Å²) < 4.78 is 138. The Morgan fingerprint density at radius 1 is 0.304 bits per heavy atom. The van der Waals surface area contributed by atoms with Gasteiger partial charge >= 0.3 is 204 Å². The van der Waals surface area contributed by atoms with Crippen LogP contribution in [0, 0.1) is 0 Å². The minimum absolute atomic E-state index is 0. The van der Waals surface area contributed by atoms with E-state index in [-0.39, 0.29) is 81.9 Å². The van der Waals surface area contributed by atoms with E-state index in [2.05, 4.69) is 0 Å². The van der Waals surface area contributed by atoms with Gasteiger partial charge in [0.2, 0.25) is 0 Å². The smallest absolute Gasteiger partial charge is 4.00 e. The van der Waals surface area contributed by atoms with E-state index in [1.54, 1.807) is 0 Å². The van der Waals surface area contributed by atoms with Crippen molar-refractivity contribution in [3.05, 3.63) is 0 Å². The first-order valence-electron chi connectivity index (χ1n) is 2.92. The van der Waals surface area contributed by atoms with Crippen LogP contribution in [0.5, 0.6) is 0 Å². The Morgan fingerprint density at radius 2 is 0.304 bits per heavy atom. The monoisotopic (exact) mass is 1180 g/mol. The topological polar surface area (TPSA) is 345 Å². The predicted molar refractivity (Wildman–Crippen MR) is 43.0 cm³/mol. The Bertz CT molecular complexity index is 292. The van der Waals surface area contributed by atoms with Crippen molar-refractivity contribution in [2.75, 3.05) is 0 Å². The van der Waals surface area contributed by atoms with E-state index in [1.165, 1.54) is 0 Å². The molecule has 0 saturated carbocycles. The second kappa shape index (κ2) is 20.5. The molecule has 23 heavy (non-hydrogen) atoms. The fourth-order valence-electron chi connectivity index (χ4n) is 0. The minimum Gasteiger partial charge on any atom is 4.00 e. The van der Waals surface area contributed by atoms with Crippen molar-refractivity contribution in [3.63, 3.8) is 0 Å². The van der Waals surface area contributed by atoms with Gasteiger partial charge in [0.25, 0.3) is 0 Å². The summed E-state index contributed by atoms with van der Waals surface area (Å²) in [5.41, 5.74) is 0. The van der Waals surface area contributed by atoms with Crippen LogP contribution in [-0.4, -0.2) is 140 Å². The molecule has 0 aromatic heterocycles. The van der Waals surface area contributed by atoms with Crippen LogP contribution in [0.2, 0.25) is 0 Å². The molecule has 0 bridgehead atoms. The van der Waals surface area contributed by atoms with Gasteiger partial charge in [-0.25, -0.2) is 0 Å². The molecule has 0 aliphatic heterocycles. The Kier molecular flexibility index (Phi) is 40.4. The molecule has 0 unspecified atom stereocenters. The molecule has 0 fully saturated rings. The molecule has 0 atom stereocenters. The maximum atomic E-state index is 8.61. The molecule has 23 heteroatoms. The van der Waals surface area contributed by atoms with Gasteiger partial charge in [-0.3, -0.25) is 0 Å². The van der Waals surface area contributed by atoms with E-state index < -0.39 is 58.1 Å². The molecule has 0 aromatic carbocycles. The fraction of sp³-hybridized carbons (Fsp3) is 0. The van der Waals surface area contributed by atoms with Crippen molar-refractivity contribution >= 4 is 140 Å². The first kappa shape index (κ1) is 45.5.